The molecule has 0 bridgehead atoms. The maximum Gasteiger partial charge on any atom is 0.259 e. The summed E-state index contributed by atoms with van der Waals surface area (Å²) >= 11 is 3.65. The number of ether oxygens (including phenoxy) is 2. The van der Waals surface area contributed by atoms with Gasteiger partial charge < -0.3 is 19.5 Å². The van der Waals surface area contributed by atoms with Crippen molar-refractivity contribution in [1.82, 2.24) is 0 Å². The van der Waals surface area contributed by atoms with Crippen molar-refractivity contribution in [2.75, 3.05) is 24.7 Å². The number of nitrogens with zero attached hydrogens (tertiary/aromatic N) is 2. The summed E-state index contributed by atoms with van der Waals surface area (Å²) < 4.78 is 13.1. The van der Waals surface area contributed by atoms with Gasteiger partial charge in [-0.25, -0.2) is 4.99 Å². The van der Waals surface area contributed by atoms with Crippen LogP contribution in [0.25, 0.3) is 0 Å². The minimum atomic E-state index is -1.16. The monoisotopic (exact) mass is 546 g/mol. The zero-order valence-electron chi connectivity index (χ0n) is 19.8. The van der Waals surface area contributed by atoms with Crippen molar-refractivity contribution >= 4 is 33.4 Å². The second-order valence-corrected chi connectivity index (χ2v) is 9.67. The molecule has 0 fully saturated rings. The molecule has 0 unspecified atom stereocenters. The lowest BCUT2D eigenvalue weighted by molar-refractivity contribution is -0.126. The van der Waals surface area contributed by atoms with Crippen LogP contribution in [0, 0.1) is 0 Å². The van der Waals surface area contributed by atoms with E-state index in [1.165, 1.54) is 0 Å². The van der Waals surface area contributed by atoms with Crippen molar-refractivity contribution in [1.29, 1.82) is 0 Å². The fraction of sp³-hybridized carbons (Fsp3) is 0.241. The van der Waals surface area contributed by atoms with E-state index in [0.29, 0.717) is 37.6 Å². The SMILES string of the molecule is C=CCN1C(=O)[C@]2(Cc3ccccc3Br)N=C(c3ccc(OCCCO)cc3)O[C@@H]2c2ccccc21. The van der Waals surface area contributed by atoms with Crippen molar-refractivity contribution in [3.8, 4) is 5.75 Å². The lowest BCUT2D eigenvalue weighted by Gasteiger charge is -2.41. The molecule has 2 aliphatic rings. The average Bonchev–Trinajstić information content (AvgIpc) is 3.29. The van der Waals surface area contributed by atoms with Crippen LogP contribution in [-0.2, 0) is 16.0 Å². The molecular weight excluding hydrogens is 520 g/mol. The third-order valence-electron chi connectivity index (χ3n) is 6.49. The van der Waals surface area contributed by atoms with Crippen LogP contribution in [0.4, 0.5) is 5.69 Å². The predicted octanol–water partition coefficient (Wildman–Crippen LogP) is 5.24. The number of aliphatic hydroxyl groups excluding tert-OH is 1. The van der Waals surface area contributed by atoms with Crippen molar-refractivity contribution < 1.29 is 19.4 Å². The van der Waals surface area contributed by atoms with Crippen LogP contribution in [0.1, 0.15) is 29.2 Å². The standard InChI is InChI=1S/C29H27BrN2O4/c1-2-16-32-25-11-6-4-9-23(25)26-29(28(32)34,19-21-8-3-5-10-24(21)30)31-27(36-26)20-12-14-22(15-13-20)35-18-7-17-33/h2-6,8-15,26,33H,1,7,16-19H2/t26-,29-/m1/s1. The van der Waals surface area contributed by atoms with Crippen LogP contribution in [0.15, 0.2) is 94.9 Å². The minimum absolute atomic E-state index is 0.0854. The average molecular weight is 547 g/mol. The van der Waals surface area contributed by atoms with Gasteiger partial charge in [0.1, 0.15) is 5.75 Å². The van der Waals surface area contributed by atoms with Crippen molar-refractivity contribution in [3.05, 3.63) is 107 Å². The number of fused-ring (bicyclic) bond motifs is 3. The molecule has 7 heteroatoms. The Labute approximate surface area is 219 Å². The van der Waals surface area contributed by atoms with Gasteiger partial charge >= 0.3 is 0 Å². The molecule has 0 saturated carbocycles. The van der Waals surface area contributed by atoms with E-state index in [-0.39, 0.29) is 12.5 Å². The zero-order valence-corrected chi connectivity index (χ0v) is 21.4. The predicted molar refractivity (Wildman–Crippen MR) is 144 cm³/mol. The highest BCUT2D eigenvalue weighted by molar-refractivity contribution is 9.10. The fourth-order valence-electron chi connectivity index (χ4n) is 4.79. The normalized spacial score (nSPS) is 20.3. The van der Waals surface area contributed by atoms with E-state index in [1.54, 1.807) is 11.0 Å². The smallest absolute Gasteiger partial charge is 0.259 e. The van der Waals surface area contributed by atoms with Gasteiger partial charge in [-0.05, 0) is 42.0 Å². The summed E-state index contributed by atoms with van der Waals surface area (Å²) in [6.45, 7) is 4.78. The van der Waals surface area contributed by atoms with E-state index in [2.05, 4.69) is 22.5 Å². The van der Waals surface area contributed by atoms with Crippen molar-refractivity contribution in [3.63, 3.8) is 0 Å². The van der Waals surface area contributed by atoms with Gasteiger partial charge in [-0.1, -0.05) is 58.4 Å². The molecule has 0 aliphatic carbocycles. The Balaban J connectivity index is 1.59. The highest BCUT2D eigenvalue weighted by atomic mass is 79.9. The first-order valence-corrected chi connectivity index (χ1v) is 12.7. The van der Waals surface area contributed by atoms with Crippen LogP contribution >= 0.6 is 15.9 Å². The van der Waals surface area contributed by atoms with Gasteiger partial charge in [0.15, 0.2) is 11.6 Å². The van der Waals surface area contributed by atoms with E-state index in [1.807, 2.05) is 72.8 Å². The lowest BCUT2D eigenvalue weighted by atomic mass is 9.78. The number of rotatable bonds is 9. The van der Waals surface area contributed by atoms with Crippen LogP contribution in [0.5, 0.6) is 5.75 Å². The summed E-state index contributed by atoms with van der Waals surface area (Å²) in [5.41, 5.74) is 2.33. The van der Waals surface area contributed by atoms with Gasteiger partial charge in [0, 0.05) is 41.6 Å². The van der Waals surface area contributed by atoms with Crippen LogP contribution < -0.4 is 9.64 Å². The Hall–Kier alpha value is -3.42. The molecule has 5 rings (SSSR count). The molecule has 36 heavy (non-hydrogen) atoms. The topological polar surface area (TPSA) is 71.4 Å². The summed E-state index contributed by atoms with van der Waals surface area (Å²) in [5.74, 6) is 1.02. The van der Waals surface area contributed by atoms with Gasteiger partial charge in [0.05, 0.1) is 12.3 Å². The van der Waals surface area contributed by atoms with Crippen molar-refractivity contribution in [2.24, 2.45) is 4.99 Å². The maximum absolute atomic E-state index is 14.2. The molecule has 0 saturated heterocycles. The Morgan fingerprint density at radius 1 is 1.11 bits per heavy atom. The number of anilines is 1. The summed E-state index contributed by atoms with van der Waals surface area (Å²) in [5, 5.41) is 8.97. The number of halogens is 1. The van der Waals surface area contributed by atoms with E-state index < -0.39 is 11.6 Å². The van der Waals surface area contributed by atoms with E-state index in [9.17, 15) is 4.79 Å². The van der Waals surface area contributed by atoms with Gasteiger partial charge in [-0.3, -0.25) is 4.79 Å². The first-order chi connectivity index (χ1) is 17.6. The number of amides is 1. The fourth-order valence-corrected chi connectivity index (χ4v) is 5.21. The molecular formula is C29H27BrN2O4. The molecule has 0 radical (unpaired) electrons. The molecule has 2 aliphatic heterocycles. The Morgan fingerprint density at radius 2 is 1.86 bits per heavy atom. The second kappa shape index (κ2) is 10.3. The van der Waals surface area contributed by atoms with Gasteiger partial charge in [-0.15, -0.1) is 6.58 Å². The van der Waals surface area contributed by atoms with Crippen molar-refractivity contribution in [2.45, 2.75) is 24.5 Å². The summed E-state index contributed by atoms with van der Waals surface area (Å²) in [6, 6.07) is 23.2. The van der Waals surface area contributed by atoms with Gasteiger partial charge in [-0.2, -0.15) is 0 Å². The molecule has 2 atom stereocenters. The number of hydrogen-bond donors (Lipinski definition) is 1. The first kappa shape index (κ1) is 24.3. The Morgan fingerprint density at radius 3 is 2.61 bits per heavy atom. The summed E-state index contributed by atoms with van der Waals surface area (Å²) in [6.07, 6.45) is 2.12. The number of carbonyl (C=O) groups excluding carboxylic acids is 1. The van der Waals surface area contributed by atoms with Crippen LogP contribution in [0.2, 0.25) is 0 Å². The molecule has 184 valence electrons. The summed E-state index contributed by atoms with van der Waals surface area (Å²) in [4.78, 5) is 21.0. The molecule has 3 aromatic rings. The molecule has 6 nitrogen and oxygen atoms in total. The first-order valence-electron chi connectivity index (χ1n) is 11.9. The van der Waals surface area contributed by atoms with E-state index in [0.717, 1.165) is 26.9 Å². The zero-order chi connectivity index (χ0) is 25.1. The lowest BCUT2D eigenvalue weighted by Crippen LogP contribution is -2.55. The molecule has 2 heterocycles. The van der Waals surface area contributed by atoms with E-state index in [4.69, 9.17) is 19.6 Å². The number of aliphatic imine (C=N–C) groups is 1. The Kier molecular flexibility index (Phi) is 6.94. The minimum Gasteiger partial charge on any atom is -0.494 e. The number of carbonyl (C=O) groups is 1. The number of benzene rings is 3. The highest BCUT2D eigenvalue weighted by Crippen LogP contribution is 2.50. The third-order valence-corrected chi connectivity index (χ3v) is 7.27. The Bertz CT molecular complexity index is 1310. The summed E-state index contributed by atoms with van der Waals surface area (Å²) in [7, 11) is 0. The molecule has 3 aromatic carbocycles. The third kappa shape index (κ3) is 4.33. The quantitative estimate of drug-likeness (QED) is 0.294. The number of para-hydroxylation sites is 1. The van der Waals surface area contributed by atoms with E-state index >= 15 is 0 Å². The van der Waals surface area contributed by atoms with Gasteiger partial charge in [0.2, 0.25) is 5.90 Å². The maximum atomic E-state index is 14.2. The largest absolute Gasteiger partial charge is 0.494 e. The van der Waals surface area contributed by atoms with Gasteiger partial charge in [0.25, 0.3) is 5.91 Å². The molecule has 0 aromatic heterocycles. The molecule has 1 amide bonds. The number of aliphatic hydroxyl groups is 1. The second-order valence-electron chi connectivity index (χ2n) is 8.82. The molecule has 1 N–H and O–H groups in total. The van der Waals surface area contributed by atoms with Crippen LogP contribution in [0.3, 0.4) is 0 Å². The highest BCUT2D eigenvalue weighted by Gasteiger charge is 2.58. The number of hydrogen-bond acceptors (Lipinski definition) is 5. The van der Waals surface area contributed by atoms with Crippen LogP contribution in [-0.4, -0.2) is 42.2 Å². The molecule has 0 spiro atoms.